The third-order valence-electron chi connectivity index (χ3n) is 14.0. The highest BCUT2D eigenvalue weighted by atomic mass is 19.3. The van der Waals surface area contributed by atoms with E-state index in [0.29, 0.717) is 94.2 Å². The number of anilines is 2. The Labute approximate surface area is 446 Å². The Morgan fingerprint density at radius 1 is 0.935 bits per heavy atom. The highest BCUT2D eigenvalue weighted by Gasteiger charge is 2.34. The average Bonchev–Trinajstić information content (AvgIpc) is 3.80. The van der Waals surface area contributed by atoms with Gasteiger partial charge >= 0.3 is 17.8 Å². The fourth-order valence-corrected chi connectivity index (χ4v) is 10.00. The van der Waals surface area contributed by atoms with Gasteiger partial charge in [0.25, 0.3) is 12.3 Å². The molecular weight excluding hydrogens is 999 g/mol. The second-order valence-electron chi connectivity index (χ2n) is 22.5. The van der Waals surface area contributed by atoms with Crippen LogP contribution in [0.3, 0.4) is 0 Å². The number of imidazole rings is 1. The van der Waals surface area contributed by atoms with Gasteiger partial charge in [-0.3, -0.25) is 43.2 Å². The van der Waals surface area contributed by atoms with E-state index < -0.39 is 53.2 Å². The molecule has 22 heteroatoms. The van der Waals surface area contributed by atoms with E-state index in [9.17, 15) is 37.5 Å². The molecule has 8 rings (SSSR count). The molecule has 0 bridgehead atoms. The Morgan fingerprint density at radius 3 is 2.36 bits per heavy atom. The molecule has 5 heterocycles. The number of nitrogens with zero attached hydrogens (tertiary/aromatic N) is 7. The van der Waals surface area contributed by atoms with Crippen LogP contribution in [0.1, 0.15) is 152 Å². The number of rotatable bonds is 22. The quantitative estimate of drug-likeness (QED) is 0.0334. The van der Waals surface area contributed by atoms with Crippen molar-refractivity contribution in [3.8, 4) is 11.5 Å². The number of aromatic nitrogens is 6. The number of ether oxygens (including phenoxy) is 3. The minimum Gasteiger partial charge on any atom is -0.460 e. The molecule has 1 saturated heterocycles. The van der Waals surface area contributed by atoms with Crippen LogP contribution in [0.5, 0.6) is 0 Å². The number of piperidine rings is 1. The van der Waals surface area contributed by atoms with Gasteiger partial charge < -0.3 is 29.3 Å². The van der Waals surface area contributed by atoms with Crippen molar-refractivity contribution in [1.29, 1.82) is 0 Å². The largest absolute Gasteiger partial charge is 0.460 e. The van der Waals surface area contributed by atoms with Crippen LogP contribution in [0.25, 0.3) is 22.5 Å². The number of hydrogen-bond acceptors (Lipinski definition) is 14. The van der Waals surface area contributed by atoms with Crippen molar-refractivity contribution >= 4 is 52.3 Å². The number of pyridine rings is 1. The van der Waals surface area contributed by atoms with Gasteiger partial charge in [-0.25, -0.2) is 28.3 Å². The molecule has 4 aromatic heterocycles. The number of benzene rings is 1. The lowest BCUT2D eigenvalue weighted by Crippen LogP contribution is -2.44. The maximum absolute atomic E-state index is 14.4. The van der Waals surface area contributed by atoms with Crippen LogP contribution in [0.2, 0.25) is 0 Å². The number of halogens is 2. The Balaban J connectivity index is 0.793. The Hall–Kier alpha value is -6.81. The number of imide groups is 1. The number of fused-ring (bicyclic) bond motifs is 1. The first-order chi connectivity index (χ1) is 36.6. The van der Waals surface area contributed by atoms with E-state index in [1.807, 2.05) is 39.0 Å². The van der Waals surface area contributed by atoms with Crippen molar-refractivity contribution in [3.63, 3.8) is 0 Å². The number of nitrogens with one attached hydrogen (secondary N) is 3. The number of aryl methyl sites for hydroxylation is 2. The first-order valence-corrected chi connectivity index (χ1v) is 26.8. The predicted octanol–water partition coefficient (Wildman–Crippen LogP) is 8.61. The summed E-state index contributed by atoms with van der Waals surface area (Å²) in [4.78, 5) is 87.9. The standard InChI is InChI=1S/C55H72F2N10O10/c1-54(2,3)76-51(71)37(13-10-26-74-25-9-12-35-11-8-14-41-46(35)64(7)52(72)67(41)42-21-22-44(68)62-49(42)70)29-58-28-33-17-19-38(20-18-33)66-31-39(45(63-66)47(56)57)60-48(69)40-32-75-50(61-40)36-23-24-59-43(27-36)65(30-34-15-16-34)53(73)77-55(4,5)6/h8,11,14,23-24,27,31-34,37-38,42,47,58H,9-10,12-13,15-22,25-26,28-30H2,1-7H3,(H,60,69)(H,62,68,70). The van der Waals surface area contributed by atoms with Crippen molar-refractivity contribution in [1.82, 2.24) is 39.5 Å². The molecule has 1 aliphatic heterocycles. The molecular formula is C55H72F2N10O10. The number of oxazole rings is 1. The lowest BCUT2D eigenvalue weighted by molar-refractivity contribution is -0.160. The lowest BCUT2D eigenvalue weighted by Gasteiger charge is -2.29. The van der Waals surface area contributed by atoms with Crippen molar-refractivity contribution < 1.29 is 51.4 Å². The summed E-state index contributed by atoms with van der Waals surface area (Å²) in [6.07, 6.45) is 8.45. The Bertz CT molecular complexity index is 2970. The number of alkyl halides is 2. The SMILES string of the molecule is Cn1c(=O)n(C2CCC(=O)NC2=O)c2cccc(CCCOCCCC(CNCC3CCC(n4cc(NC(=O)c5coc(-c6ccnc(N(CC7CC7)C(=O)OC(C)(C)C)c6)n5)c(C(F)F)n4)CC3)C(=O)OC(C)(C)C)c21. The van der Waals surface area contributed by atoms with Gasteiger partial charge in [0.15, 0.2) is 11.4 Å². The number of carbonyl (C=O) groups is 5. The molecule has 0 spiro atoms. The minimum absolute atomic E-state index is 0.0751. The summed E-state index contributed by atoms with van der Waals surface area (Å²) >= 11 is 0. The van der Waals surface area contributed by atoms with Crippen LogP contribution in [0.15, 0.2) is 58.2 Å². The van der Waals surface area contributed by atoms with Crippen molar-refractivity contribution in [2.24, 2.45) is 24.8 Å². The maximum Gasteiger partial charge on any atom is 0.416 e. The van der Waals surface area contributed by atoms with Crippen molar-refractivity contribution in [2.45, 2.75) is 148 Å². The fourth-order valence-electron chi connectivity index (χ4n) is 10.00. The lowest BCUT2D eigenvalue weighted by atomic mass is 9.86. The number of amides is 4. The van der Waals surface area contributed by atoms with E-state index in [2.05, 4.69) is 31.0 Å². The zero-order valence-electron chi connectivity index (χ0n) is 45.1. The summed E-state index contributed by atoms with van der Waals surface area (Å²) in [5.74, 6) is -1.23. The van der Waals surface area contributed by atoms with Crippen LogP contribution >= 0.6 is 0 Å². The molecule has 2 saturated carbocycles. The van der Waals surface area contributed by atoms with Crippen molar-refractivity contribution in [3.05, 3.63) is 76.4 Å². The molecule has 77 heavy (non-hydrogen) atoms. The third-order valence-corrected chi connectivity index (χ3v) is 14.0. The molecule has 2 unspecified atom stereocenters. The highest BCUT2D eigenvalue weighted by molar-refractivity contribution is 6.03. The monoisotopic (exact) mass is 1070 g/mol. The third kappa shape index (κ3) is 14.6. The van der Waals surface area contributed by atoms with Crippen LogP contribution in [0.4, 0.5) is 25.1 Å². The molecule has 0 radical (unpaired) electrons. The minimum atomic E-state index is -2.96. The van der Waals surface area contributed by atoms with Gasteiger partial charge in [-0.05, 0) is 154 Å². The molecule has 5 aromatic rings. The highest BCUT2D eigenvalue weighted by Crippen LogP contribution is 2.36. The summed E-state index contributed by atoms with van der Waals surface area (Å²) in [6, 6.07) is 7.97. The van der Waals surface area contributed by atoms with Crippen LogP contribution in [0, 0.1) is 17.8 Å². The van der Waals surface area contributed by atoms with Crippen molar-refractivity contribution in [2.75, 3.05) is 43.1 Å². The fraction of sp³-hybridized carbons (Fsp3) is 0.582. The van der Waals surface area contributed by atoms with Gasteiger partial charge in [0, 0.05) is 57.7 Å². The van der Waals surface area contributed by atoms with E-state index in [4.69, 9.17) is 18.6 Å². The summed E-state index contributed by atoms with van der Waals surface area (Å²) in [6.45, 7) is 13.3. The number of hydrogen-bond donors (Lipinski definition) is 3. The van der Waals surface area contributed by atoms with E-state index in [0.717, 1.165) is 43.0 Å². The topological polar surface area (TPSA) is 236 Å². The predicted molar refractivity (Wildman–Crippen MR) is 281 cm³/mol. The van der Waals surface area contributed by atoms with Gasteiger partial charge in [0.1, 0.15) is 29.3 Å². The van der Waals surface area contributed by atoms with E-state index in [-0.39, 0.29) is 59.6 Å². The molecule has 3 aliphatic rings. The van der Waals surface area contributed by atoms with Gasteiger partial charge in [-0.2, -0.15) is 5.10 Å². The Kier molecular flexibility index (Phi) is 17.8. The van der Waals surface area contributed by atoms with Gasteiger partial charge in [0.05, 0.1) is 28.7 Å². The van der Waals surface area contributed by atoms with Crippen LogP contribution in [-0.2, 0) is 42.1 Å². The molecule has 416 valence electrons. The summed E-state index contributed by atoms with van der Waals surface area (Å²) in [7, 11) is 1.69. The number of para-hydroxylation sites is 1. The number of carbonyl (C=O) groups excluding carboxylic acids is 5. The van der Waals surface area contributed by atoms with Crippen LogP contribution in [-0.4, -0.2) is 103 Å². The average molecular weight is 1070 g/mol. The molecule has 2 aliphatic carbocycles. The van der Waals surface area contributed by atoms with E-state index >= 15 is 0 Å². The molecule has 2 atom stereocenters. The summed E-state index contributed by atoms with van der Waals surface area (Å²) in [5.41, 5.74) is 0.290. The second kappa shape index (κ2) is 24.2. The Morgan fingerprint density at radius 2 is 1.66 bits per heavy atom. The first-order valence-electron chi connectivity index (χ1n) is 26.8. The molecule has 3 N–H and O–H groups in total. The van der Waals surface area contributed by atoms with Crippen LogP contribution < -0.4 is 26.5 Å². The zero-order chi connectivity index (χ0) is 55.2. The molecule has 1 aromatic carbocycles. The molecule has 4 amide bonds. The normalized spacial score (nSPS) is 18.6. The number of esters is 1. The van der Waals surface area contributed by atoms with Gasteiger partial charge in [-0.15, -0.1) is 0 Å². The van der Waals surface area contributed by atoms with Gasteiger partial charge in [0.2, 0.25) is 17.7 Å². The maximum atomic E-state index is 14.4. The summed E-state index contributed by atoms with van der Waals surface area (Å²) < 4.78 is 56.4. The zero-order valence-corrected chi connectivity index (χ0v) is 45.1. The summed E-state index contributed by atoms with van der Waals surface area (Å²) in [5, 5.41) is 12.6. The van der Waals surface area contributed by atoms with E-state index in [1.165, 1.54) is 26.5 Å². The second-order valence-corrected chi connectivity index (χ2v) is 22.5. The van der Waals surface area contributed by atoms with E-state index in [1.54, 1.807) is 44.5 Å². The van der Waals surface area contributed by atoms with Gasteiger partial charge in [-0.1, -0.05) is 12.1 Å². The molecule has 20 nitrogen and oxygen atoms in total. The first kappa shape index (κ1) is 56.4. The molecule has 3 fully saturated rings. The smallest absolute Gasteiger partial charge is 0.416 e.